The van der Waals surface area contributed by atoms with Gasteiger partial charge in [-0.15, -0.1) is 0 Å². The maximum Gasteiger partial charge on any atom is 0.133 e. The van der Waals surface area contributed by atoms with Crippen LogP contribution < -0.4 is 4.74 Å². The van der Waals surface area contributed by atoms with Crippen LogP contribution in [0.4, 0.5) is 4.39 Å². The zero-order valence-electron chi connectivity index (χ0n) is 9.21. The number of rotatable bonds is 4. The van der Waals surface area contributed by atoms with Crippen LogP contribution in [0.5, 0.6) is 5.75 Å². The van der Waals surface area contributed by atoms with Crippen LogP contribution in [0.3, 0.4) is 0 Å². The maximum absolute atomic E-state index is 12.9. The number of benzene rings is 1. The van der Waals surface area contributed by atoms with Crippen LogP contribution in [0.15, 0.2) is 24.3 Å². The Kier molecular flexibility index (Phi) is 3.45. The molecule has 82 valence electrons. The van der Waals surface area contributed by atoms with Crippen molar-refractivity contribution in [3.63, 3.8) is 0 Å². The summed E-state index contributed by atoms with van der Waals surface area (Å²) in [5.41, 5.74) is -0.598. The lowest BCUT2D eigenvalue weighted by Gasteiger charge is -2.25. The van der Waals surface area contributed by atoms with E-state index in [9.17, 15) is 9.18 Å². The number of hydrogen-bond acceptors (Lipinski definition) is 2. The Hall–Kier alpha value is -1.38. The van der Waals surface area contributed by atoms with Gasteiger partial charge in [-0.1, -0.05) is 6.07 Å². The zero-order chi connectivity index (χ0) is 11.5. The fourth-order valence-electron chi connectivity index (χ4n) is 1.49. The largest absolute Gasteiger partial charge is 0.487 e. The minimum atomic E-state index is -0.598. The fourth-order valence-corrected chi connectivity index (χ4v) is 1.49. The quantitative estimate of drug-likeness (QED) is 0.763. The molecule has 0 saturated carbocycles. The lowest BCUT2D eigenvalue weighted by Crippen LogP contribution is -2.30. The van der Waals surface area contributed by atoms with Gasteiger partial charge in [0.15, 0.2) is 0 Å². The predicted molar refractivity (Wildman–Crippen MR) is 56.4 cm³/mol. The van der Waals surface area contributed by atoms with Crippen LogP contribution in [0, 0.1) is 5.82 Å². The summed E-state index contributed by atoms with van der Waals surface area (Å²) in [7, 11) is 0. The van der Waals surface area contributed by atoms with Gasteiger partial charge in [0.1, 0.15) is 23.0 Å². The molecule has 0 atom stereocenters. The van der Waals surface area contributed by atoms with Gasteiger partial charge in [-0.3, -0.25) is 4.79 Å². The Morgan fingerprint density at radius 1 is 1.47 bits per heavy atom. The van der Waals surface area contributed by atoms with Gasteiger partial charge in [-0.25, -0.2) is 4.39 Å². The third kappa shape index (κ3) is 4.11. The summed E-state index contributed by atoms with van der Waals surface area (Å²) in [4.78, 5) is 11.0. The molecule has 3 heteroatoms. The summed E-state index contributed by atoms with van der Waals surface area (Å²) in [5, 5.41) is 0. The first kappa shape index (κ1) is 11.7. The molecule has 0 aliphatic rings. The fraction of sp³-hybridized carbons (Fsp3) is 0.417. The second kappa shape index (κ2) is 4.43. The van der Waals surface area contributed by atoms with Crippen LogP contribution in [0.25, 0.3) is 0 Å². The van der Waals surface area contributed by atoms with Crippen molar-refractivity contribution in [1.82, 2.24) is 0 Å². The molecule has 0 amide bonds. The summed E-state index contributed by atoms with van der Waals surface area (Å²) in [6.07, 6.45) is 0.309. The van der Waals surface area contributed by atoms with Crippen molar-refractivity contribution in [2.75, 3.05) is 0 Å². The average Bonchev–Trinajstić information content (AvgIpc) is 1.99. The van der Waals surface area contributed by atoms with Crippen molar-refractivity contribution in [1.29, 1.82) is 0 Å². The number of Topliss-reactive ketones (excluding diaryl/α,β-unsaturated/α-hetero) is 1. The number of carbonyl (C=O) groups excluding carboxylic acids is 1. The van der Waals surface area contributed by atoms with Gasteiger partial charge in [0.05, 0.1) is 0 Å². The molecule has 0 spiro atoms. The van der Waals surface area contributed by atoms with E-state index < -0.39 is 5.60 Å². The molecule has 0 heterocycles. The predicted octanol–water partition coefficient (Wildman–Crippen LogP) is 2.96. The van der Waals surface area contributed by atoms with Gasteiger partial charge in [0.25, 0.3) is 0 Å². The van der Waals surface area contributed by atoms with Crippen molar-refractivity contribution in [3.8, 4) is 5.75 Å². The van der Waals surface area contributed by atoms with Crippen molar-refractivity contribution in [3.05, 3.63) is 30.1 Å². The summed E-state index contributed by atoms with van der Waals surface area (Å²) in [6.45, 7) is 5.12. The van der Waals surface area contributed by atoms with E-state index in [0.717, 1.165) is 0 Å². The number of ether oxygens (including phenoxy) is 1. The highest BCUT2D eigenvalue weighted by Crippen LogP contribution is 2.21. The number of hydrogen-bond donors (Lipinski definition) is 0. The minimum absolute atomic E-state index is 0.0522. The summed E-state index contributed by atoms with van der Waals surface area (Å²) < 4.78 is 18.4. The minimum Gasteiger partial charge on any atom is -0.487 e. The van der Waals surface area contributed by atoms with Gasteiger partial charge in [0, 0.05) is 12.5 Å². The topological polar surface area (TPSA) is 26.3 Å². The Morgan fingerprint density at radius 2 is 2.13 bits per heavy atom. The van der Waals surface area contributed by atoms with E-state index in [1.807, 2.05) is 0 Å². The molecule has 0 fully saturated rings. The SMILES string of the molecule is CC(=O)CC(C)(C)Oc1cccc(F)c1. The molecule has 0 radical (unpaired) electrons. The van der Waals surface area contributed by atoms with Crippen LogP contribution in [-0.2, 0) is 4.79 Å². The van der Waals surface area contributed by atoms with E-state index in [-0.39, 0.29) is 11.6 Å². The van der Waals surface area contributed by atoms with Gasteiger partial charge in [-0.05, 0) is 32.9 Å². The number of carbonyl (C=O) groups is 1. The first-order chi connectivity index (χ1) is 6.89. The average molecular weight is 210 g/mol. The molecule has 1 aromatic carbocycles. The van der Waals surface area contributed by atoms with Crippen LogP contribution >= 0.6 is 0 Å². The molecule has 0 N–H and O–H groups in total. The molecule has 1 aromatic rings. The Balaban J connectivity index is 2.72. The highest BCUT2D eigenvalue weighted by molar-refractivity contribution is 5.76. The molecule has 0 unspecified atom stereocenters. The van der Waals surface area contributed by atoms with Crippen molar-refractivity contribution in [2.24, 2.45) is 0 Å². The Bertz CT molecular complexity index is 358. The van der Waals surface area contributed by atoms with Crippen LogP contribution in [-0.4, -0.2) is 11.4 Å². The standard InChI is InChI=1S/C12H15FO2/c1-9(14)8-12(2,3)15-11-6-4-5-10(13)7-11/h4-7H,8H2,1-3H3. The van der Waals surface area contributed by atoms with E-state index in [4.69, 9.17) is 4.74 Å². The van der Waals surface area contributed by atoms with Gasteiger partial charge in [0.2, 0.25) is 0 Å². The monoisotopic (exact) mass is 210 g/mol. The summed E-state index contributed by atoms with van der Waals surface area (Å²) in [6, 6.07) is 5.91. The first-order valence-electron chi connectivity index (χ1n) is 4.83. The molecule has 0 aliphatic carbocycles. The van der Waals surface area contributed by atoms with E-state index in [1.54, 1.807) is 26.0 Å². The van der Waals surface area contributed by atoms with Crippen LogP contribution in [0.1, 0.15) is 27.2 Å². The Labute approximate surface area is 89.1 Å². The van der Waals surface area contributed by atoms with Gasteiger partial charge in [-0.2, -0.15) is 0 Å². The molecule has 0 aromatic heterocycles. The molecular formula is C12H15FO2. The molecule has 15 heavy (non-hydrogen) atoms. The van der Waals surface area contributed by atoms with Gasteiger partial charge < -0.3 is 4.74 Å². The third-order valence-electron chi connectivity index (χ3n) is 1.86. The summed E-state index contributed by atoms with van der Waals surface area (Å²) in [5.74, 6) is 0.156. The highest BCUT2D eigenvalue weighted by atomic mass is 19.1. The maximum atomic E-state index is 12.9. The molecule has 0 bridgehead atoms. The zero-order valence-corrected chi connectivity index (χ0v) is 9.21. The van der Waals surface area contributed by atoms with E-state index >= 15 is 0 Å². The molecule has 1 rings (SSSR count). The second-order valence-corrected chi connectivity index (χ2v) is 4.20. The molecule has 0 saturated heterocycles. The smallest absolute Gasteiger partial charge is 0.133 e. The Morgan fingerprint density at radius 3 is 2.67 bits per heavy atom. The normalized spacial score (nSPS) is 11.2. The van der Waals surface area contributed by atoms with Crippen molar-refractivity contribution >= 4 is 5.78 Å². The van der Waals surface area contributed by atoms with Crippen molar-refractivity contribution < 1.29 is 13.9 Å². The first-order valence-corrected chi connectivity index (χ1v) is 4.83. The molecule has 2 nitrogen and oxygen atoms in total. The highest BCUT2D eigenvalue weighted by Gasteiger charge is 2.22. The molecule has 0 aliphatic heterocycles. The lowest BCUT2D eigenvalue weighted by molar-refractivity contribution is -0.120. The van der Waals surface area contributed by atoms with Gasteiger partial charge >= 0.3 is 0 Å². The van der Waals surface area contributed by atoms with Crippen LogP contribution in [0.2, 0.25) is 0 Å². The number of ketones is 1. The van der Waals surface area contributed by atoms with E-state index in [1.165, 1.54) is 19.1 Å². The van der Waals surface area contributed by atoms with Crippen molar-refractivity contribution in [2.45, 2.75) is 32.8 Å². The van der Waals surface area contributed by atoms with E-state index in [2.05, 4.69) is 0 Å². The van der Waals surface area contributed by atoms with E-state index in [0.29, 0.717) is 12.2 Å². The molecular weight excluding hydrogens is 195 g/mol. The summed E-state index contributed by atoms with van der Waals surface area (Å²) >= 11 is 0. The number of halogens is 1. The lowest BCUT2D eigenvalue weighted by atomic mass is 10.0. The second-order valence-electron chi connectivity index (χ2n) is 4.20. The third-order valence-corrected chi connectivity index (χ3v) is 1.86.